The smallest absolute Gasteiger partial charge is 0.227 e. The number of halogens is 2. The molecule has 104 valence electrons. The second-order valence-electron chi connectivity index (χ2n) is 4.93. The van der Waals surface area contributed by atoms with Crippen molar-refractivity contribution in [2.24, 2.45) is 0 Å². The molecular weight excluding hydrogens is 269 g/mol. The molecule has 1 fully saturated rings. The Bertz CT molecular complexity index is 450. The van der Waals surface area contributed by atoms with Crippen molar-refractivity contribution in [3.05, 3.63) is 34.6 Å². The van der Waals surface area contributed by atoms with Gasteiger partial charge in [-0.3, -0.25) is 4.79 Å². The summed E-state index contributed by atoms with van der Waals surface area (Å²) in [5.41, 5.74) is 0.265. The normalized spacial score (nSPS) is 23.5. The fraction of sp³-hybridized carbons (Fsp3) is 0.500. The van der Waals surface area contributed by atoms with Crippen LogP contribution >= 0.6 is 11.6 Å². The summed E-state index contributed by atoms with van der Waals surface area (Å²) in [7, 11) is 0. The van der Waals surface area contributed by atoms with Crippen LogP contribution in [0.3, 0.4) is 0 Å². The van der Waals surface area contributed by atoms with Crippen molar-refractivity contribution >= 4 is 17.5 Å². The van der Waals surface area contributed by atoms with E-state index in [0.717, 1.165) is 0 Å². The molecule has 1 aromatic carbocycles. The summed E-state index contributed by atoms with van der Waals surface area (Å²) >= 11 is 5.93. The van der Waals surface area contributed by atoms with Crippen LogP contribution in [0.1, 0.15) is 19.4 Å². The molecule has 1 saturated heterocycles. The Balaban J connectivity index is 2.08. The van der Waals surface area contributed by atoms with Gasteiger partial charge in [0.05, 0.1) is 18.6 Å². The van der Waals surface area contributed by atoms with E-state index in [1.165, 1.54) is 12.1 Å². The highest BCUT2D eigenvalue weighted by atomic mass is 35.5. The standard InChI is InChI=1S/C14H17ClFNO2/c1-9-7-17(8-10(2)19-9)14(18)6-11-12(15)4-3-5-13(11)16/h3-5,9-10H,6-8H2,1-2H3. The maximum atomic E-state index is 13.7. The molecule has 1 aliphatic heterocycles. The molecule has 0 bridgehead atoms. The Morgan fingerprint density at radius 3 is 2.63 bits per heavy atom. The van der Waals surface area contributed by atoms with Crippen molar-refractivity contribution in [3.8, 4) is 0 Å². The molecule has 0 saturated carbocycles. The Hall–Kier alpha value is -1.13. The lowest BCUT2D eigenvalue weighted by Gasteiger charge is -2.35. The first-order valence-corrected chi connectivity index (χ1v) is 6.71. The van der Waals surface area contributed by atoms with E-state index in [1.54, 1.807) is 11.0 Å². The quantitative estimate of drug-likeness (QED) is 0.836. The lowest BCUT2D eigenvalue weighted by atomic mass is 10.1. The average molecular weight is 286 g/mol. The van der Waals surface area contributed by atoms with Gasteiger partial charge in [0, 0.05) is 23.7 Å². The van der Waals surface area contributed by atoms with Gasteiger partial charge in [0.25, 0.3) is 0 Å². The number of amides is 1. The minimum absolute atomic E-state index is 0.00351. The predicted molar refractivity (Wildman–Crippen MR) is 71.7 cm³/mol. The van der Waals surface area contributed by atoms with Crippen LogP contribution in [0.5, 0.6) is 0 Å². The molecule has 0 aliphatic carbocycles. The monoisotopic (exact) mass is 285 g/mol. The minimum Gasteiger partial charge on any atom is -0.372 e. The van der Waals surface area contributed by atoms with Gasteiger partial charge in [0.2, 0.25) is 5.91 Å². The number of benzene rings is 1. The molecule has 3 nitrogen and oxygen atoms in total. The van der Waals surface area contributed by atoms with Crippen LogP contribution in [0.4, 0.5) is 4.39 Å². The number of carbonyl (C=O) groups excluding carboxylic acids is 1. The third kappa shape index (κ3) is 3.45. The molecular formula is C14H17ClFNO2. The first kappa shape index (κ1) is 14.3. The third-order valence-corrected chi connectivity index (χ3v) is 3.52. The topological polar surface area (TPSA) is 29.5 Å². The second kappa shape index (κ2) is 5.88. The van der Waals surface area contributed by atoms with Gasteiger partial charge in [-0.05, 0) is 26.0 Å². The number of hydrogen-bond donors (Lipinski definition) is 0. The number of carbonyl (C=O) groups is 1. The molecule has 2 unspecified atom stereocenters. The summed E-state index contributed by atoms with van der Waals surface area (Å²) in [6.07, 6.45) is -0.00196. The lowest BCUT2D eigenvalue weighted by molar-refractivity contribution is -0.142. The molecule has 5 heteroatoms. The van der Waals surface area contributed by atoms with Crippen molar-refractivity contribution in [2.75, 3.05) is 13.1 Å². The third-order valence-electron chi connectivity index (χ3n) is 3.16. The largest absolute Gasteiger partial charge is 0.372 e. The van der Waals surface area contributed by atoms with Crippen LogP contribution < -0.4 is 0 Å². The van der Waals surface area contributed by atoms with Crippen molar-refractivity contribution in [1.29, 1.82) is 0 Å². The van der Waals surface area contributed by atoms with Crippen LogP contribution in [0.25, 0.3) is 0 Å². The van der Waals surface area contributed by atoms with E-state index in [2.05, 4.69) is 0 Å². The summed E-state index contributed by atoms with van der Waals surface area (Å²) < 4.78 is 19.2. The zero-order chi connectivity index (χ0) is 14.0. The predicted octanol–water partition coefficient (Wildman–Crippen LogP) is 2.66. The first-order valence-electron chi connectivity index (χ1n) is 6.33. The fourth-order valence-electron chi connectivity index (χ4n) is 2.35. The van der Waals surface area contributed by atoms with Gasteiger partial charge in [-0.1, -0.05) is 17.7 Å². The first-order chi connectivity index (χ1) is 8.97. The number of morpholine rings is 1. The summed E-state index contributed by atoms with van der Waals surface area (Å²) in [4.78, 5) is 13.9. The van der Waals surface area contributed by atoms with Gasteiger partial charge < -0.3 is 9.64 Å². The Kier molecular flexibility index (Phi) is 4.42. The van der Waals surface area contributed by atoms with Gasteiger partial charge in [-0.2, -0.15) is 0 Å². The number of rotatable bonds is 2. The highest BCUT2D eigenvalue weighted by molar-refractivity contribution is 6.31. The van der Waals surface area contributed by atoms with Crippen molar-refractivity contribution < 1.29 is 13.9 Å². The molecule has 1 heterocycles. The van der Waals surface area contributed by atoms with E-state index < -0.39 is 5.82 Å². The van der Waals surface area contributed by atoms with Gasteiger partial charge in [-0.25, -0.2) is 4.39 Å². The zero-order valence-corrected chi connectivity index (χ0v) is 11.8. The van der Waals surface area contributed by atoms with E-state index in [1.807, 2.05) is 13.8 Å². The summed E-state index contributed by atoms with van der Waals surface area (Å²) in [5.74, 6) is -0.552. The van der Waals surface area contributed by atoms with Crippen molar-refractivity contribution in [1.82, 2.24) is 4.90 Å². The summed E-state index contributed by atoms with van der Waals surface area (Å²) in [6, 6.07) is 4.45. The maximum Gasteiger partial charge on any atom is 0.227 e. The van der Waals surface area contributed by atoms with Gasteiger partial charge in [-0.15, -0.1) is 0 Å². The minimum atomic E-state index is -0.435. The molecule has 1 aliphatic rings. The second-order valence-corrected chi connectivity index (χ2v) is 5.34. The van der Waals surface area contributed by atoms with E-state index in [9.17, 15) is 9.18 Å². The molecule has 0 N–H and O–H groups in total. The van der Waals surface area contributed by atoms with Crippen LogP contribution in [0.2, 0.25) is 5.02 Å². The molecule has 0 aromatic heterocycles. The number of hydrogen-bond acceptors (Lipinski definition) is 2. The Labute approximate surface area is 117 Å². The summed E-state index contributed by atoms with van der Waals surface area (Å²) in [5, 5.41) is 0.294. The highest BCUT2D eigenvalue weighted by Crippen LogP contribution is 2.21. The van der Waals surface area contributed by atoms with E-state index >= 15 is 0 Å². The van der Waals surface area contributed by atoms with Gasteiger partial charge >= 0.3 is 0 Å². The zero-order valence-electron chi connectivity index (χ0n) is 11.0. The Morgan fingerprint density at radius 1 is 1.42 bits per heavy atom. The molecule has 1 amide bonds. The number of ether oxygens (including phenoxy) is 1. The molecule has 1 aromatic rings. The van der Waals surface area contributed by atoms with E-state index in [4.69, 9.17) is 16.3 Å². The van der Waals surface area contributed by atoms with Crippen LogP contribution in [0.15, 0.2) is 18.2 Å². The highest BCUT2D eigenvalue weighted by Gasteiger charge is 2.26. The fourth-order valence-corrected chi connectivity index (χ4v) is 2.58. The van der Waals surface area contributed by atoms with Gasteiger partial charge in [0.1, 0.15) is 5.82 Å². The molecule has 2 atom stereocenters. The average Bonchev–Trinajstić information content (AvgIpc) is 2.32. The van der Waals surface area contributed by atoms with E-state index in [-0.39, 0.29) is 30.1 Å². The van der Waals surface area contributed by atoms with Gasteiger partial charge in [0.15, 0.2) is 0 Å². The number of nitrogens with zero attached hydrogens (tertiary/aromatic N) is 1. The summed E-state index contributed by atoms with van der Waals surface area (Å²) in [6.45, 7) is 4.92. The Morgan fingerprint density at radius 2 is 2.05 bits per heavy atom. The molecule has 0 spiro atoms. The van der Waals surface area contributed by atoms with Crippen LogP contribution in [-0.4, -0.2) is 36.1 Å². The molecule has 0 radical (unpaired) electrons. The molecule has 2 rings (SSSR count). The maximum absolute atomic E-state index is 13.7. The van der Waals surface area contributed by atoms with Crippen molar-refractivity contribution in [2.45, 2.75) is 32.5 Å². The SMILES string of the molecule is CC1CN(C(=O)Cc2c(F)cccc2Cl)CC(C)O1. The van der Waals surface area contributed by atoms with Crippen molar-refractivity contribution in [3.63, 3.8) is 0 Å². The van der Waals surface area contributed by atoms with Crippen LogP contribution in [0, 0.1) is 5.82 Å². The lowest BCUT2D eigenvalue weighted by Crippen LogP contribution is -2.48. The molecule has 19 heavy (non-hydrogen) atoms. The van der Waals surface area contributed by atoms with Crippen LogP contribution in [-0.2, 0) is 16.0 Å². The van der Waals surface area contributed by atoms with E-state index in [0.29, 0.717) is 18.1 Å².